The van der Waals surface area contributed by atoms with E-state index in [4.69, 9.17) is 10.00 Å². The Morgan fingerprint density at radius 2 is 2.20 bits per heavy atom. The first-order valence-electron chi connectivity index (χ1n) is 4.43. The molecule has 0 fully saturated rings. The molecule has 1 heterocycles. The molecule has 0 bridgehead atoms. The Morgan fingerprint density at radius 1 is 1.40 bits per heavy atom. The van der Waals surface area contributed by atoms with Crippen LogP contribution in [-0.4, -0.2) is 17.3 Å². The second kappa shape index (κ2) is 3.84. The second-order valence-electron chi connectivity index (χ2n) is 2.97. The molecule has 0 atom stereocenters. The van der Waals surface area contributed by atoms with Gasteiger partial charge in [0, 0.05) is 5.56 Å². The number of methoxy groups -OCH3 is 1. The highest BCUT2D eigenvalue weighted by Crippen LogP contribution is 2.29. The van der Waals surface area contributed by atoms with E-state index < -0.39 is 0 Å². The summed E-state index contributed by atoms with van der Waals surface area (Å²) in [6.07, 6.45) is 1.50. The molecule has 0 radical (unpaired) electrons. The predicted molar refractivity (Wildman–Crippen MR) is 55.3 cm³/mol. The number of nitrogens with one attached hydrogen (secondary N) is 1. The van der Waals surface area contributed by atoms with Gasteiger partial charge in [-0.15, -0.1) is 0 Å². The van der Waals surface area contributed by atoms with Crippen LogP contribution in [0.1, 0.15) is 5.56 Å². The summed E-state index contributed by atoms with van der Waals surface area (Å²) in [4.78, 5) is 0. The molecule has 0 amide bonds. The summed E-state index contributed by atoms with van der Waals surface area (Å²) in [6.45, 7) is 0. The maximum Gasteiger partial charge on any atom is 0.128 e. The molecule has 4 nitrogen and oxygen atoms in total. The van der Waals surface area contributed by atoms with E-state index >= 15 is 0 Å². The van der Waals surface area contributed by atoms with Gasteiger partial charge >= 0.3 is 0 Å². The molecule has 2 aromatic rings. The van der Waals surface area contributed by atoms with Crippen LogP contribution in [0, 0.1) is 11.3 Å². The van der Waals surface area contributed by atoms with Crippen LogP contribution in [0.2, 0.25) is 0 Å². The maximum atomic E-state index is 8.88. The lowest BCUT2D eigenvalue weighted by Crippen LogP contribution is -1.89. The van der Waals surface area contributed by atoms with E-state index in [0.717, 1.165) is 11.3 Å². The van der Waals surface area contributed by atoms with Gasteiger partial charge in [0.05, 0.1) is 24.6 Å². The third-order valence-electron chi connectivity index (χ3n) is 2.14. The Kier molecular flexibility index (Phi) is 2.38. The van der Waals surface area contributed by atoms with Crippen molar-refractivity contribution in [2.24, 2.45) is 0 Å². The zero-order valence-electron chi connectivity index (χ0n) is 8.19. The van der Waals surface area contributed by atoms with Crippen LogP contribution in [0.4, 0.5) is 0 Å². The van der Waals surface area contributed by atoms with Crippen LogP contribution in [0.15, 0.2) is 30.5 Å². The van der Waals surface area contributed by atoms with Gasteiger partial charge in [-0.2, -0.15) is 10.4 Å². The zero-order chi connectivity index (χ0) is 10.7. The minimum Gasteiger partial charge on any atom is -0.496 e. The molecule has 74 valence electrons. The van der Waals surface area contributed by atoms with Gasteiger partial charge in [-0.25, -0.2) is 0 Å². The predicted octanol–water partition coefficient (Wildman–Crippen LogP) is 1.96. The Hall–Kier alpha value is -2.28. The number of nitriles is 1. The van der Waals surface area contributed by atoms with Gasteiger partial charge in [0.1, 0.15) is 11.8 Å². The summed E-state index contributed by atoms with van der Waals surface area (Å²) in [5, 5.41) is 15.5. The molecule has 0 spiro atoms. The monoisotopic (exact) mass is 199 g/mol. The Bertz CT molecular complexity index is 511. The minimum atomic E-state index is 0.513. The normalized spacial score (nSPS) is 9.60. The molecule has 0 unspecified atom stereocenters. The summed E-state index contributed by atoms with van der Waals surface area (Å²) in [5.74, 6) is 0.721. The standard InChI is InChI=1S/C11H9N3O/c1-15-10-5-3-2-4-9(10)11-8(6-12)7-13-14-11/h2-5,7H,1H3,(H,13,14). The summed E-state index contributed by atoms with van der Waals surface area (Å²) in [5.41, 5.74) is 2.04. The molecule has 0 aliphatic carbocycles. The van der Waals surface area contributed by atoms with E-state index in [1.807, 2.05) is 24.3 Å². The Morgan fingerprint density at radius 3 is 2.93 bits per heavy atom. The van der Waals surface area contributed by atoms with Crippen LogP contribution in [-0.2, 0) is 0 Å². The van der Waals surface area contributed by atoms with Crippen LogP contribution < -0.4 is 4.74 Å². The Labute approximate surface area is 87.1 Å². The van der Waals surface area contributed by atoms with Crippen molar-refractivity contribution in [3.8, 4) is 23.1 Å². The molecule has 0 aliphatic rings. The number of nitrogens with zero attached hydrogens (tertiary/aromatic N) is 2. The summed E-state index contributed by atoms with van der Waals surface area (Å²) >= 11 is 0. The fourth-order valence-electron chi connectivity index (χ4n) is 1.43. The molecule has 2 rings (SSSR count). The molecule has 1 aromatic heterocycles. The number of ether oxygens (including phenoxy) is 1. The average molecular weight is 199 g/mol. The number of para-hydroxylation sites is 1. The van der Waals surface area contributed by atoms with Gasteiger partial charge in [-0.05, 0) is 12.1 Å². The highest BCUT2D eigenvalue weighted by atomic mass is 16.5. The Balaban J connectivity index is 2.59. The molecule has 15 heavy (non-hydrogen) atoms. The third kappa shape index (κ3) is 1.55. The van der Waals surface area contributed by atoms with E-state index in [1.165, 1.54) is 6.20 Å². The van der Waals surface area contributed by atoms with Crippen molar-refractivity contribution < 1.29 is 4.74 Å². The number of aromatic nitrogens is 2. The van der Waals surface area contributed by atoms with Crippen molar-refractivity contribution in [1.29, 1.82) is 5.26 Å². The highest BCUT2D eigenvalue weighted by Gasteiger charge is 2.10. The molecule has 4 heteroatoms. The summed E-state index contributed by atoms with van der Waals surface area (Å²) < 4.78 is 5.21. The maximum absolute atomic E-state index is 8.88. The smallest absolute Gasteiger partial charge is 0.128 e. The van der Waals surface area contributed by atoms with Crippen molar-refractivity contribution in [2.45, 2.75) is 0 Å². The third-order valence-corrected chi connectivity index (χ3v) is 2.14. The van der Waals surface area contributed by atoms with Crippen LogP contribution in [0.25, 0.3) is 11.3 Å². The van der Waals surface area contributed by atoms with Crippen LogP contribution >= 0.6 is 0 Å². The first-order valence-corrected chi connectivity index (χ1v) is 4.43. The number of benzene rings is 1. The average Bonchev–Trinajstić information content (AvgIpc) is 2.76. The van der Waals surface area contributed by atoms with Gasteiger partial charge in [-0.3, -0.25) is 5.10 Å². The van der Waals surface area contributed by atoms with E-state index in [0.29, 0.717) is 11.3 Å². The van der Waals surface area contributed by atoms with E-state index in [9.17, 15) is 0 Å². The molecule has 0 saturated carbocycles. The number of hydrogen-bond donors (Lipinski definition) is 1. The fraction of sp³-hybridized carbons (Fsp3) is 0.0909. The number of aromatic amines is 1. The summed E-state index contributed by atoms with van der Waals surface area (Å²) in [6, 6.07) is 9.57. The fourth-order valence-corrected chi connectivity index (χ4v) is 1.43. The lowest BCUT2D eigenvalue weighted by Gasteiger charge is -2.05. The van der Waals surface area contributed by atoms with E-state index in [2.05, 4.69) is 16.3 Å². The van der Waals surface area contributed by atoms with Crippen LogP contribution in [0.5, 0.6) is 5.75 Å². The minimum absolute atomic E-state index is 0.513. The van der Waals surface area contributed by atoms with Crippen molar-refractivity contribution >= 4 is 0 Å². The van der Waals surface area contributed by atoms with Gasteiger partial charge < -0.3 is 4.74 Å². The molecule has 0 aliphatic heterocycles. The van der Waals surface area contributed by atoms with Crippen molar-refractivity contribution in [3.05, 3.63) is 36.0 Å². The van der Waals surface area contributed by atoms with E-state index in [-0.39, 0.29) is 0 Å². The topological polar surface area (TPSA) is 61.7 Å². The lowest BCUT2D eigenvalue weighted by atomic mass is 10.1. The van der Waals surface area contributed by atoms with Gasteiger partial charge in [0.2, 0.25) is 0 Å². The first-order chi connectivity index (χ1) is 7.36. The van der Waals surface area contributed by atoms with E-state index in [1.54, 1.807) is 7.11 Å². The van der Waals surface area contributed by atoms with Crippen molar-refractivity contribution in [1.82, 2.24) is 10.2 Å². The summed E-state index contributed by atoms with van der Waals surface area (Å²) in [7, 11) is 1.60. The second-order valence-corrected chi connectivity index (χ2v) is 2.97. The molecular weight excluding hydrogens is 190 g/mol. The number of hydrogen-bond acceptors (Lipinski definition) is 3. The number of H-pyrrole nitrogens is 1. The van der Waals surface area contributed by atoms with Crippen molar-refractivity contribution in [3.63, 3.8) is 0 Å². The zero-order valence-corrected chi connectivity index (χ0v) is 8.19. The van der Waals surface area contributed by atoms with Gasteiger partial charge in [0.25, 0.3) is 0 Å². The van der Waals surface area contributed by atoms with Crippen molar-refractivity contribution in [2.75, 3.05) is 7.11 Å². The largest absolute Gasteiger partial charge is 0.496 e. The highest BCUT2D eigenvalue weighted by molar-refractivity contribution is 5.71. The lowest BCUT2D eigenvalue weighted by molar-refractivity contribution is 0.416. The molecule has 1 aromatic carbocycles. The first kappa shape index (κ1) is 9.28. The SMILES string of the molecule is COc1ccccc1-c1[nH]ncc1C#N. The molecule has 1 N–H and O–H groups in total. The van der Waals surface area contributed by atoms with Gasteiger partial charge in [-0.1, -0.05) is 12.1 Å². The van der Waals surface area contributed by atoms with Crippen LogP contribution in [0.3, 0.4) is 0 Å². The number of rotatable bonds is 2. The van der Waals surface area contributed by atoms with Gasteiger partial charge in [0.15, 0.2) is 0 Å². The molecule has 0 saturated heterocycles. The molecular formula is C11H9N3O. The quantitative estimate of drug-likeness (QED) is 0.804.